The highest BCUT2D eigenvalue weighted by molar-refractivity contribution is 6.66. The molecule has 0 bridgehead atoms. The van der Waals surface area contributed by atoms with Gasteiger partial charge in [-0.25, -0.2) is 0 Å². The fourth-order valence-electron chi connectivity index (χ4n) is 1.59. The summed E-state index contributed by atoms with van der Waals surface area (Å²) >= 11 is 0. The van der Waals surface area contributed by atoms with E-state index in [0.717, 1.165) is 19.0 Å². The Kier molecular flexibility index (Phi) is 9.34. The van der Waals surface area contributed by atoms with Crippen LogP contribution in [-0.2, 0) is 18.4 Å². The molecule has 0 radical (unpaired) electrons. The first kappa shape index (κ1) is 16.6. The molecule has 0 aromatic carbocycles. The van der Waals surface area contributed by atoms with Crippen LogP contribution in [0.1, 0.15) is 20.3 Å². The van der Waals surface area contributed by atoms with Crippen molar-refractivity contribution >= 4 is 14.5 Å². The Hall–Kier alpha value is -0.433. The molecule has 17 heavy (non-hydrogen) atoms. The van der Waals surface area contributed by atoms with Crippen LogP contribution < -0.4 is 5.32 Å². The quantitative estimate of drug-likeness (QED) is 0.365. The summed E-state index contributed by atoms with van der Waals surface area (Å²) in [6, 6.07) is 0.933. The van der Waals surface area contributed by atoms with E-state index in [2.05, 4.69) is 16.6 Å². The number of ether oxygens (including phenoxy) is 1. The molecule has 0 heterocycles. The number of carbonyl (C=O) groups excluding carboxylic acids is 1. The summed E-state index contributed by atoms with van der Waals surface area (Å²) in [5, 5.41) is 3.03. The molecule has 0 saturated carbocycles. The highest BCUT2D eigenvalue weighted by atomic mass is 28.4. The highest BCUT2D eigenvalue weighted by Gasteiger charge is 2.29. The maximum Gasteiger partial charge on any atom is 0.334 e. The smallest absolute Gasteiger partial charge is 0.334 e. The van der Waals surface area contributed by atoms with E-state index >= 15 is 0 Å². The van der Waals surface area contributed by atoms with Crippen molar-refractivity contribution in [1.29, 1.82) is 0 Å². The van der Waals surface area contributed by atoms with Gasteiger partial charge in [0, 0.05) is 13.2 Å². The van der Waals surface area contributed by atoms with Crippen molar-refractivity contribution in [2.45, 2.75) is 32.9 Å². The van der Waals surface area contributed by atoms with E-state index in [-0.39, 0.29) is 12.5 Å². The molecule has 6 heteroatoms. The number of nitrogens with one attached hydrogen (secondary N) is 1. The van der Waals surface area contributed by atoms with Gasteiger partial charge in [-0.2, -0.15) is 0 Å². The maximum absolute atomic E-state index is 10.9. The summed E-state index contributed by atoms with van der Waals surface area (Å²) in [5.74, 6) is -0.236. The van der Waals surface area contributed by atoms with Crippen molar-refractivity contribution < 1.29 is 18.4 Å². The second-order valence-electron chi connectivity index (χ2n) is 3.86. The minimum Gasteiger partial charge on any atom is -0.468 e. The van der Waals surface area contributed by atoms with Crippen molar-refractivity contribution in [3.63, 3.8) is 0 Å². The van der Waals surface area contributed by atoms with Crippen molar-refractivity contribution in [2.75, 3.05) is 33.4 Å². The summed E-state index contributed by atoms with van der Waals surface area (Å²) in [5.41, 5.74) is 0. The van der Waals surface area contributed by atoms with Gasteiger partial charge in [-0.1, -0.05) is 0 Å². The molecule has 0 rings (SSSR count). The van der Waals surface area contributed by atoms with E-state index in [1.807, 2.05) is 13.8 Å². The van der Waals surface area contributed by atoms with Crippen LogP contribution in [0.4, 0.5) is 0 Å². The molecule has 0 unspecified atom stereocenters. The number of esters is 1. The molecule has 0 aliphatic carbocycles. The van der Waals surface area contributed by atoms with Gasteiger partial charge in [-0.3, -0.25) is 4.79 Å². The molecule has 0 aliphatic rings. The van der Waals surface area contributed by atoms with Crippen LogP contribution in [-0.4, -0.2) is 47.9 Å². The maximum atomic E-state index is 10.9. The molecule has 0 saturated heterocycles. The predicted molar refractivity (Wildman–Crippen MR) is 69.2 cm³/mol. The zero-order valence-electron chi connectivity index (χ0n) is 11.4. The Morgan fingerprint density at radius 1 is 1.24 bits per heavy atom. The molecular formula is C11H25NO4Si. The van der Waals surface area contributed by atoms with E-state index in [4.69, 9.17) is 8.85 Å². The standard InChI is InChI=1S/C11H25NO4Si/c1-5-15-17(4,16-6-2)9-7-8-12-10-11(13)14-3/h12H,5-10H2,1-4H3. The first-order valence-corrected chi connectivity index (χ1v) is 8.65. The lowest BCUT2D eigenvalue weighted by Crippen LogP contribution is -2.39. The van der Waals surface area contributed by atoms with E-state index in [1.165, 1.54) is 7.11 Å². The molecule has 0 aromatic rings. The van der Waals surface area contributed by atoms with Crippen molar-refractivity contribution in [3.05, 3.63) is 0 Å². The van der Waals surface area contributed by atoms with Crippen LogP contribution in [0.15, 0.2) is 0 Å². The SMILES string of the molecule is CCO[Si](C)(CCCNCC(=O)OC)OCC. The van der Waals surface area contributed by atoms with Gasteiger partial charge in [0.25, 0.3) is 0 Å². The van der Waals surface area contributed by atoms with Gasteiger partial charge >= 0.3 is 14.5 Å². The third-order valence-electron chi connectivity index (χ3n) is 2.38. The number of carbonyl (C=O) groups is 1. The number of methoxy groups -OCH3 is 1. The molecule has 102 valence electrons. The van der Waals surface area contributed by atoms with E-state index < -0.39 is 8.56 Å². The zero-order chi connectivity index (χ0) is 13.1. The van der Waals surface area contributed by atoms with E-state index in [9.17, 15) is 4.79 Å². The number of rotatable bonds is 10. The highest BCUT2D eigenvalue weighted by Crippen LogP contribution is 2.15. The Balaban J connectivity index is 3.71. The topological polar surface area (TPSA) is 56.8 Å². The van der Waals surface area contributed by atoms with Crippen LogP contribution in [0, 0.1) is 0 Å². The Morgan fingerprint density at radius 2 is 1.82 bits per heavy atom. The molecule has 0 fully saturated rings. The van der Waals surface area contributed by atoms with E-state index in [1.54, 1.807) is 0 Å². The molecule has 0 amide bonds. The van der Waals surface area contributed by atoms with Gasteiger partial charge in [0.1, 0.15) is 0 Å². The van der Waals surface area contributed by atoms with Crippen LogP contribution in [0.3, 0.4) is 0 Å². The number of hydrogen-bond acceptors (Lipinski definition) is 5. The summed E-state index contributed by atoms with van der Waals surface area (Å²) in [6.45, 7) is 8.48. The van der Waals surface area contributed by atoms with Gasteiger partial charge in [-0.05, 0) is 39.4 Å². The van der Waals surface area contributed by atoms with E-state index in [0.29, 0.717) is 13.2 Å². The van der Waals surface area contributed by atoms with Gasteiger partial charge in [-0.15, -0.1) is 0 Å². The summed E-state index contributed by atoms with van der Waals surface area (Å²) < 4.78 is 16.0. The molecular weight excluding hydrogens is 238 g/mol. The Bertz CT molecular complexity index is 208. The normalized spacial score (nSPS) is 11.5. The third-order valence-corrected chi connectivity index (χ3v) is 5.44. The van der Waals surface area contributed by atoms with Crippen LogP contribution in [0.5, 0.6) is 0 Å². The second-order valence-corrected chi connectivity index (χ2v) is 7.20. The van der Waals surface area contributed by atoms with Crippen molar-refractivity contribution in [2.24, 2.45) is 0 Å². The molecule has 0 aromatic heterocycles. The zero-order valence-corrected chi connectivity index (χ0v) is 12.4. The molecule has 0 spiro atoms. The van der Waals surface area contributed by atoms with Crippen LogP contribution >= 0.6 is 0 Å². The summed E-state index contributed by atoms with van der Waals surface area (Å²) in [6.07, 6.45) is 0.944. The van der Waals surface area contributed by atoms with Crippen molar-refractivity contribution in [3.8, 4) is 0 Å². The fraction of sp³-hybridized carbons (Fsp3) is 0.909. The van der Waals surface area contributed by atoms with Crippen LogP contribution in [0.2, 0.25) is 12.6 Å². The average molecular weight is 263 g/mol. The van der Waals surface area contributed by atoms with Gasteiger partial charge in [0.2, 0.25) is 0 Å². The van der Waals surface area contributed by atoms with Gasteiger partial charge in [0.15, 0.2) is 0 Å². The molecule has 5 nitrogen and oxygen atoms in total. The molecule has 0 aliphatic heterocycles. The lowest BCUT2D eigenvalue weighted by Gasteiger charge is -2.25. The Labute approximate surface area is 105 Å². The van der Waals surface area contributed by atoms with Crippen molar-refractivity contribution in [1.82, 2.24) is 5.32 Å². The first-order chi connectivity index (χ1) is 8.08. The largest absolute Gasteiger partial charge is 0.468 e. The molecule has 0 atom stereocenters. The average Bonchev–Trinajstić information content (AvgIpc) is 2.29. The fourth-order valence-corrected chi connectivity index (χ4v) is 4.01. The minimum absolute atomic E-state index is 0.236. The first-order valence-electron chi connectivity index (χ1n) is 6.13. The summed E-state index contributed by atoms with van der Waals surface area (Å²) in [4.78, 5) is 10.9. The Morgan fingerprint density at radius 3 is 2.29 bits per heavy atom. The summed E-state index contributed by atoms with van der Waals surface area (Å²) in [7, 11) is -0.604. The van der Waals surface area contributed by atoms with Gasteiger partial charge < -0.3 is 18.9 Å². The monoisotopic (exact) mass is 263 g/mol. The molecule has 1 N–H and O–H groups in total. The minimum atomic E-state index is -1.99. The lowest BCUT2D eigenvalue weighted by atomic mass is 10.5. The second kappa shape index (κ2) is 9.58. The predicted octanol–water partition coefficient (Wildman–Crippen LogP) is 1.28. The van der Waals surface area contributed by atoms with Crippen LogP contribution in [0.25, 0.3) is 0 Å². The number of hydrogen-bond donors (Lipinski definition) is 1. The lowest BCUT2D eigenvalue weighted by molar-refractivity contribution is -0.139. The van der Waals surface area contributed by atoms with Gasteiger partial charge in [0.05, 0.1) is 13.7 Å². The third kappa shape index (κ3) is 8.31.